The van der Waals surface area contributed by atoms with Crippen LogP contribution >= 0.6 is 0 Å². The van der Waals surface area contributed by atoms with E-state index in [2.05, 4.69) is 4.90 Å². The molecule has 2 heteroatoms. The molecule has 2 aliphatic rings. The summed E-state index contributed by atoms with van der Waals surface area (Å²) >= 11 is 0. The van der Waals surface area contributed by atoms with Crippen molar-refractivity contribution < 1.29 is 4.74 Å². The standard InChI is InChI=1S/C7H13NO/c1-2-4-8(3-1)5-7-6-9-7/h7H,1-6H2. The first-order valence-corrected chi connectivity index (χ1v) is 3.79. The molecule has 0 saturated carbocycles. The number of nitrogens with zero attached hydrogens (tertiary/aromatic N) is 1. The maximum absolute atomic E-state index is 5.13. The molecule has 2 rings (SSSR count). The van der Waals surface area contributed by atoms with E-state index in [0.717, 1.165) is 6.61 Å². The summed E-state index contributed by atoms with van der Waals surface area (Å²) in [4.78, 5) is 2.50. The Labute approximate surface area is 55.8 Å². The molecular formula is C7H13NO. The van der Waals surface area contributed by atoms with Gasteiger partial charge >= 0.3 is 0 Å². The Kier molecular flexibility index (Phi) is 1.44. The van der Waals surface area contributed by atoms with Crippen LogP contribution in [-0.4, -0.2) is 37.2 Å². The molecule has 2 nitrogen and oxygen atoms in total. The maximum Gasteiger partial charge on any atom is 0.0936 e. The first-order chi connectivity index (χ1) is 4.45. The predicted octanol–water partition coefficient (Wildman–Crippen LogP) is 0.481. The number of epoxide rings is 1. The molecule has 0 aliphatic carbocycles. The Bertz CT molecular complexity index is 95.1. The smallest absolute Gasteiger partial charge is 0.0936 e. The third-order valence-corrected chi connectivity index (χ3v) is 2.06. The van der Waals surface area contributed by atoms with E-state index in [1.165, 1.54) is 32.5 Å². The SMILES string of the molecule is C1CCN(CC2CO2)C1. The summed E-state index contributed by atoms with van der Waals surface area (Å²) < 4.78 is 5.13. The summed E-state index contributed by atoms with van der Waals surface area (Å²) in [6.07, 6.45) is 3.39. The third kappa shape index (κ3) is 1.43. The molecule has 0 aromatic heterocycles. The van der Waals surface area contributed by atoms with E-state index in [4.69, 9.17) is 4.74 Å². The predicted molar refractivity (Wildman–Crippen MR) is 35.4 cm³/mol. The van der Waals surface area contributed by atoms with Gasteiger partial charge in [-0.1, -0.05) is 0 Å². The quantitative estimate of drug-likeness (QED) is 0.501. The first kappa shape index (κ1) is 5.69. The largest absolute Gasteiger partial charge is 0.372 e. The van der Waals surface area contributed by atoms with Crippen LogP contribution in [0, 0.1) is 0 Å². The van der Waals surface area contributed by atoms with Crippen LogP contribution in [-0.2, 0) is 4.74 Å². The van der Waals surface area contributed by atoms with Crippen LogP contribution in [0.5, 0.6) is 0 Å². The van der Waals surface area contributed by atoms with Crippen LogP contribution < -0.4 is 0 Å². The minimum absolute atomic E-state index is 0.600. The van der Waals surface area contributed by atoms with Crippen molar-refractivity contribution in [1.82, 2.24) is 4.90 Å². The lowest BCUT2D eigenvalue weighted by atomic mass is 10.4. The van der Waals surface area contributed by atoms with Crippen molar-refractivity contribution >= 4 is 0 Å². The summed E-state index contributed by atoms with van der Waals surface area (Å²) in [7, 11) is 0. The molecular weight excluding hydrogens is 114 g/mol. The van der Waals surface area contributed by atoms with Gasteiger partial charge in [-0.3, -0.25) is 0 Å². The normalized spacial score (nSPS) is 35.3. The molecule has 2 fully saturated rings. The summed E-state index contributed by atoms with van der Waals surface area (Å²) in [6, 6.07) is 0. The van der Waals surface area contributed by atoms with Crippen molar-refractivity contribution in [2.45, 2.75) is 18.9 Å². The van der Waals surface area contributed by atoms with E-state index < -0.39 is 0 Å². The van der Waals surface area contributed by atoms with Crippen molar-refractivity contribution in [3.8, 4) is 0 Å². The highest BCUT2D eigenvalue weighted by molar-refractivity contribution is 4.76. The summed E-state index contributed by atoms with van der Waals surface area (Å²) in [5.41, 5.74) is 0. The molecule has 0 bridgehead atoms. The second-order valence-electron chi connectivity index (χ2n) is 2.96. The van der Waals surface area contributed by atoms with E-state index in [0.29, 0.717) is 6.10 Å². The van der Waals surface area contributed by atoms with Gasteiger partial charge in [0.2, 0.25) is 0 Å². The lowest BCUT2D eigenvalue weighted by Crippen LogP contribution is -2.23. The van der Waals surface area contributed by atoms with Gasteiger partial charge in [0.1, 0.15) is 0 Å². The van der Waals surface area contributed by atoms with Crippen molar-refractivity contribution in [1.29, 1.82) is 0 Å². The van der Waals surface area contributed by atoms with Gasteiger partial charge < -0.3 is 9.64 Å². The molecule has 0 N–H and O–H groups in total. The molecule has 2 heterocycles. The minimum Gasteiger partial charge on any atom is -0.372 e. The molecule has 52 valence electrons. The summed E-state index contributed by atoms with van der Waals surface area (Å²) in [5.74, 6) is 0. The van der Waals surface area contributed by atoms with E-state index >= 15 is 0 Å². The molecule has 0 amide bonds. The molecule has 0 aromatic carbocycles. The van der Waals surface area contributed by atoms with Crippen LogP contribution in [0.15, 0.2) is 0 Å². The maximum atomic E-state index is 5.13. The second-order valence-corrected chi connectivity index (χ2v) is 2.96. The average Bonchev–Trinajstić information content (AvgIpc) is 2.46. The van der Waals surface area contributed by atoms with Crippen molar-refractivity contribution in [2.24, 2.45) is 0 Å². The highest BCUT2D eigenvalue weighted by atomic mass is 16.6. The lowest BCUT2D eigenvalue weighted by molar-refractivity contribution is 0.286. The van der Waals surface area contributed by atoms with Crippen molar-refractivity contribution in [3.05, 3.63) is 0 Å². The Hall–Kier alpha value is -0.0800. The van der Waals surface area contributed by atoms with Crippen LogP contribution in [0.2, 0.25) is 0 Å². The number of hydrogen-bond donors (Lipinski definition) is 0. The fourth-order valence-corrected chi connectivity index (χ4v) is 1.43. The van der Waals surface area contributed by atoms with E-state index in [9.17, 15) is 0 Å². The van der Waals surface area contributed by atoms with Crippen LogP contribution in [0.3, 0.4) is 0 Å². The zero-order valence-corrected chi connectivity index (χ0v) is 5.68. The molecule has 0 spiro atoms. The van der Waals surface area contributed by atoms with Gasteiger partial charge in [-0.15, -0.1) is 0 Å². The van der Waals surface area contributed by atoms with Gasteiger partial charge in [-0.05, 0) is 25.9 Å². The van der Waals surface area contributed by atoms with E-state index in [1.807, 2.05) is 0 Å². The van der Waals surface area contributed by atoms with Gasteiger partial charge in [0.15, 0.2) is 0 Å². The summed E-state index contributed by atoms with van der Waals surface area (Å²) in [5, 5.41) is 0. The Balaban J connectivity index is 1.70. The number of likely N-dealkylation sites (tertiary alicyclic amines) is 1. The molecule has 0 aromatic rings. The molecule has 1 atom stereocenters. The van der Waals surface area contributed by atoms with Crippen LogP contribution in [0.4, 0.5) is 0 Å². The number of ether oxygens (including phenoxy) is 1. The summed E-state index contributed by atoms with van der Waals surface area (Å²) in [6.45, 7) is 4.82. The van der Waals surface area contributed by atoms with Gasteiger partial charge in [-0.25, -0.2) is 0 Å². The fraction of sp³-hybridized carbons (Fsp3) is 1.00. The number of hydrogen-bond acceptors (Lipinski definition) is 2. The molecule has 1 unspecified atom stereocenters. The first-order valence-electron chi connectivity index (χ1n) is 3.79. The van der Waals surface area contributed by atoms with Crippen LogP contribution in [0.1, 0.15) is 12.8 Å². The second kappa shape index (κ2) is 2.27. The molecule has 9 heavy (non-hydrogen) atoms. The van der Waals surface area contributed by atoms with E-state index in [-0.39, 0.29) is 0 Å². The highest BCUT2D eigenvalue weighted by Gasteiger charge is 2.26. The van der Waals surface area contributed by atoms with Gasteiger partial charge in [0.25, 0.3) is 0 Å². The van der Waals surface area contributed by atoms with Gasteiger partial charge in [0, 0.05) is 6.54 Å². The van der Waals surface area contributed by atoms with Crippen molar-refractivity contribution in [3.63, 3.8) is 0 Å². The number of rotatable bonds is 2. The van der Waals surface area contributed by atoms with E-state index in [1.54, 1.807) is 0 Å². The average molecular weight is 127 g/mol. The Morgan fingerprint density at radius 1 is 1.33 bits per heavy atom. The zero-order chi connectivity index (χ0) is 6.10. The molecule has 0 radical (unpaired) electrons. The van der Waals surface area contributed by atoms with Crippen LogP contribution in [0.25, 0.3) is 0 Å². The van der Waals surface area contributed by atoms with Crippen molar-refractivity contribution in [2.75, 3.05) is 26.2 Å². The highest BCUT2D eigenvalue weighted by Crippen LogP contribution is 2.14. The lowest BCUT2D eigenvalue weighted by Gasteiger charge is -2.10. The zero-order valence-electron chi connectivity index (χ0n) is 5.68. The third-order valence-electron chi connectivity index (χ3n) is 2.06. The van der Waals surface area contributed by atoms with Gasteiger partial charge in [0.05, 0.1) is 12.7 Å². The molecule has 2 aliphatic heterocycles. The molecule has 2 saturated heterocycles. The van der Waals surface area contributed by atoms with Gasteiger partial charge in [-0.2, -0.15) is 0 Å². The monoisotopic (exact) mass is 127 g/mol. The topological polar surface area (TPSA) is 15.8 Å². The Morgan fingerprint density at radius 3 is 2.56 bits per heavy atom. The fourth-order valence-electron chi connectivity index (χ4n) is 1.43. The Morgan fingerprint density at radius 2 is 2.00 bits per heavy atom. The minimum atomic E-state index is 0.600.